The Kier molecular flexibility index (Phi) is 1.65. The number of aromatic carboxylic acids is 1. The summed E-state index contributed by atoms with van der Waals surface area (Å²) in [4.78, 5) is 10.6. The predicted molar refractivity (Wildman–Crippen MR) is 42.3 cm³/mol. The SMILES string of the molecule is O=C(O)c1csc2c1OCCO2. The Morgan fingerprint density at radius 2 is 2.25 bits per heavy atom. The maximum absolute atomic E-state index is 10.6. The third-order valence-corrected chi connectivity index (χ3v) is 2.38. The summed E-state index contributed by atoms with van der Waals surface area (Å²) in [5.41, 5.74) is 0.190. The summed E-state index contributed by atoms with van der Waals surface area (Å²) in [5, 5.41) is 10.8. The molecule has 2 rings (SSSR count). The Bertz CT molecular complexity index is 317. The van der Waals surface area contributed by atoms with Crippen LogP contribution in [-0.4, -0.2) is 24.3 Å². The largest absolute Gasteiger partial charge is 0.484 e. The van der Waals surface area contributed by atoms with Gasteiger partial charge < -0.3 is 14.6 Å². The van der Waals surface area contributed by atoms with Gasteiger partial charge in [0, 0.05) is 5.38 Å². The van der Waals surface area contributed by atoms with Crippen molar-refractivity contribution in [3.63, 3.8) is 0 Å². The first-order valence-electron chi connectivity index (χ1n) is 3.39. The lowest BCUT2D eigenvalue weighted by molar-refractivity contribution is 0.0688. The Hall–Kier alpha value is -1.23. The molecule has 5 heteroatoms. The average molecular weight is 186 g/mol. The van der Waals surface area contributed by atoms with E-state index in [2.05, 4.69) is 0 Å². The maximum atomic E-state index is 10.6. The summed E-state index contributed by atoms with van der Waals surface area (Å²) in [5.74, 6) is -0.600. The predicted octanol–water partition coefficient (Wildman–Crippen LogP) is 1.22. The topological polar surface area (TPSA) is 55.8 Å². The van der Waals surface area contributed by atoms with E-state index in [1.54, 1.807) is 0 Å². The van der Waals surface area contributed by atoms with Gasteiger partial charge in [-0.25, -0.2) is 4.79 Å². The molecule has 1 N–H and O–H groups in total. The van der Waals surface area contributed by atoms with Crippen LogP contribution in [0.1, 0.15) is 10.4 Å². The quantitative estimate of drug-likeness (QED) is 0.716. The number of hydrogen-bond acceptors (Lipinski definition) is 4. The minimum Gasteiger partial charge on any atom is -0.484 e. The molecule has 0 spiro atoms. The molecule has 1 aliphatic heterocycles. The van der Waals surface area contributed by atoms with E-state index in [9.17, 15) is 4.79 Å². The van der Waals surface area contributed by atoms with Crippen molar-refractivity contribution in [2.45, 2.75) is 0 Å². The fourth-order valence-electron chi connectivity index (χ4n) is 0.991. The van der Waals surface area contributed by atoms with Crippen molar-refractivity contribution >= 4 is 17.3 Å². The van der Waals surface area contributed by atoms with Crippen LogP contribution >= 0.6 is 11.3 Å². The first-order chi connectivity index (χ1) is 5.79. The molecule has 0 aromatic carbocycles. The van der Waals surface area contributed by atoms with Gasteiger partial charge in [0.2, 0.25) is 5.06 Å². The van der Waals surface area contributed by atoms with E-state index in [-0.39, 0.29) is 5.56 Å². The maximum Gasteiger partial charge on any atom is 0.340 e. The van der Waals surface area contributed by atoms with Crippen molar-refractivity contribution in [2.24, 2.45) is 0 Å². The van der Waals surface area contributed by atoms with Gasteiger partial charge in [-0.2, -0.15) is 0 Å². The molecule has 12 heavy (non-hydrogen) atoms. The molecule has 0 saturated carbocycles. The minimum atomic E-state index is -0.974. The second kappa shape index (κ2) is 2.67. The lowest BCUT2D eigenvalue weighted by Gasteiger charge is -2.14. The molecule has 0 saturated heterocycles. The fraction of sp³-hybridized carbons (Fsp3) is 0.286. The highest BCUT2D eigenvalue weighted by molar-refractivity contribution is 7.12. The lowest BCUT2D eigenvalue weighted by Crippen LogP contribution is -2.15. The summed E-state index contributed by atoms with van der Waals surface area (Å²) in [6, 6.07) is 0. The molecule has 0 fully saturated rings. The number of carboxylic acids is 1. The number of carboxylic acid groups (broad SMARTS) is 1. The highest BCUT2D eigenvalue weighted by atomic mass is 32.1. The molecule has 0 radical (unpaired) electrons. The van der Waals surface area contributed by atoms with Crippen LogP contribution in [0.5, 0.6) is 10.8 Å². The molecule has 0 unspecified atom stereocenters. The van der Waals surface area contributed by atoms with Gasteiger partial charge in [-0.05, 0) is 0 Å². The standard InChI is InChI=1S/C7H6O4S/c8-6(9)4-3-12-7-5(4)10-1-2-11-7/h3H,1-2H2,(H,8,9). The number of hydrogen-bond donors (Lipinski definition) is 1. The van der Waals surface area contributed by atoms with Crippen LogP contribution in [0.4, 0.5) is 0 Å². The summed E-state index contributed by atoms with van der Waals surface area (Å²) in [7, 11) is 0. The van der Waals surface area contributed by atoms with Gasteiger partial charge in [0.1, 0.15) is 18.8 Å². The molecular formula is C7H6O4S. The summed E-state index contributed by atoms with van der Waals surface area (Å²) in [6.45, 7) is 0.913. The van der Waals surface area contributed by atoms with Crippen LogP contribution in [0.15, 0.2) is 5.38 Å². The highest BCUT2D eigenvalue weighted by Gasteiger charge is 2.22. The van der Waals surface area contributed by atoms with Crippen LogP contribution in [0.3, 0.4) is 0 Å². The number of ether oxygens (including phenoxy) is 2. The third-order valence-electron chi connectivity index (χ3n) is 1.51. The van der Waals surface area contributed by atoms with Gasteiger partial charge in [0.15, 0.2) is 5.75 Å². The first kappa shape index (κ1) is 7.42. The Morgan fingerprint density at radius 1 is 1.50 bits per heavy atom. The zero-order chi connectivity index (χ0) is 8.55. The average Bonchev–Trinajstić information content (AvgIpc) is 2.47. The normalized spacial score (nSPS) is 14.3. The molecule has 64 valence electrons. The molecule has 2 heterocycles. The first-order valence-corrected chi connectivity index (χ1v) is 4.27. The highest BCUT2D eigenvalue weighted by Crippen LogP contribution is 2.39. The van der Waals surface area contributed by atoms with E-state index in [1.165, 1.54) is 16.7 Å². The van der Waals surface area contributed by atoms with E-state index in [1.807, 2.05) is 0 Å². The van der Waals surface area contributed by atoms with Crippen molar-refractivity contribution in [1.29, 1.82) is 0 Å². The number of carbonyl (C=O) groups is 1. The number of rotatable bonds is 1. The van der Waals surface area contributed by atoms with Crippen molar-refractivity contribution in [3.05, 3.63) is 10.9 Å². The summed E-state index contributed by atoms with van der Waals surface area (Å²) in [6.07, 6.45) is 0. The van der Waals surface area contributed by atoms with Gasteiger partial charge in [0.05, 0.1) is 0 Å². The smallest absolute Gasteiger partial charge is 0.340 e. The molecule has 0 aliphatic carbocycles. The molecule has 0 amide bonds. The fourth-order valence-corrected chi connectivity index (χ4v) is 1.85. The van der Waals surface area contributed by atoms with Crippen LogP contribution in [-0.2, 0) is 0 Å². The van der Waals surface area contributed by atoms with Gasteiger partial charge in [-0.15, -0.1) is 11.3 Å². The molecular weight excluding hydrogens is 180 g/mol. The van der Waals surface area contributed by atoms with E-state index >= 15 is 0 Å². The molecule has 0 bridgehead atoms. The Morgan fingerprint density at radius 3 is 3.00 bits per heavy atom. The van der Waals surface area contributed by atoms with Gasteiger partial charge in [-0.1, -0.05) is 0 Å². The zero-order valence-electron chi connectivity index (χ0n) is 6.07. The van der Waals surface area contributed by atoms with Crippen LogP contribution in [0.2, 0.25) is 0 Å². The molecule has 1 aromatic rings. The number of thiophene rings is 1. The van der Waals surface area contributed by atoms with Crippen molar-refractivity contribution in [1.82, 2.24) is 0 Å². The van der Waals surface area contributed by atoms with Crippen LogP contribution in [0.25, 0.3) is 0 Å². The second-order valence-corrected chi connectivity index (χ2v) is 3.11. The van der Waals surface area contributed by atoms with Crippen molar-refractivity contribution in [3.8, 4) is 10.8 Å². The molecule has 0 atom stereocenters. The van der Waals surface area contributed by atoms with Crippen molar-refractivity contribution in [2.75, 3.05) is 13.2 Å². The third kappa shape index (κ3) is 1.02. The van der Waals surface area contributed by atoms with Gasteiger partial charge in [-0.3, -0.25) is 0 Å². The van der Waals surface area contributed by atoms with Crippen LogP contribution < -0.4 is 9.47 Å². The minimum absolute atomic E-state index is 0.190. The Balaban J connectivity index is 2.44. The van der Waals surface area contributed by atoms with Crippen LogP contribution in [0, 0.1) is 0 Å². The lowest BCUT2D eigenvalue weighted by atomic mass is 10.3. The van der Waals surface area contributed by atoms with E-state index in [0.717, 1.165) is 0 Å². The van der Waals surface area contributed by atoms with E-state index in [0.29, 0.717) is 24.0 Å². The Labute approximate surface area is 72.3 Å². The zero-order valence-corrected chi connectivity index (χ0v) is 6.89. The molecule has 4 nitrogen and oxygen atoms in total. The summed E-state index contributed by atoms with van der Waals surface area (Å²) < 4.78 is 10.3. The van der Waals surface area contributed by atoms with E-state index < -0.39 is 5.97 Å². The van der Waals surface area contributed by atoms with Gasteiger partial charge in [0.25, 0.3) is 0 Å². The molecule has 1 aromatic heterocycles. The molecule has 1 aliphatic rings. The monoisotopic (exact) mass is 186 g/mol. The summed E-state index contributed by atoms with van der Waals surface area (Å²) >= 11 is 1.25. The van der Waals surface area contributed by atoms with Crippen molar-refractivity contribution < 1.29 is 19.4 Å². The van der Waals surface area contributed by atoms with E-state index in [4.69, 9.17) is 14.6 Å². The second-order valence-electron chi connectivity index (χ2n) is 2.27. The van der Waals surface area contributed by atoms with Gasteiger partial charge >= 0.3 is 5.97 Å². The number of fused-ring (bicyclic) bond motifs is 1.